The first-order chi connectivity index (χ1) is 13.0. The third kappa shape index (κ3) is 5.24. The summed E-state index contributed by atoms with van der Waals surface area (Å²) in [6.45, 7) is 1.99. The first kappa shape index (κ1) is 18.8. The van der Waals surface area contributed by atoms with E-state index in [2.05, 4.69) is 20.5 Å². The van der Waals surface area contributed by atoms with E-state index in [1.54, 1.807) is 6.07 Å². The van der Waals surface area contributed by atoms with Gasteiger partial charge in [0.25, 0.3) is 5.56 Å². The Morgan fingerprint density at radius 3 is 2.59 bits per heavy atom. The molecule has 1 amide bonds. The lowest BCUT2D eigenvalue weighted by molar-refractivity contribution is -0.113. The van der Waals surface area contributed by atoms with E-state index in [1.165, 1.54) is 18.2 Å². The Labute approximate surface area is 159 Å². The van der Waals surface area contributed by atoms with Crippen LogP contribution in [0.3, 0.4) is 0 Å². The summed E-state index contributed by atoms with van der Waals surface area (Å²) in [6, 6.07) is 13.7. The normalized spacial score (nSPS) is 10.6. The average molecular weight is 384 g/mol. The fourth-order valence-corrected chi connectivity index (χ4v) is 2.91. The summed E-state index contributed by atoms with van der Waals surface area (Å²) in [5.41, 5.74) is 2.17. The SMILES string of the molecule is Cc1ccc(Cc2nnc(SCC(=O)Nc3ccccc3F)[nH]c2=O)cc1. The van der Waals surface area contributed by atoms with E-state index in [4.69, 9.17) is 0 Å². The number of H-pyrrole nitrogens is 1. The van der Waals surface area contributed by atoms with Crippen molar-refractivity contribution in [2.45, 2.75) is 18.5 Å². The molecule has 0 bridgehead atoms. The molecule has 0 saturated heterocycles. The van der Waals surface area contributed by atoms with Crippen LogP contribution in [-0.2, 0) is 11.2 Å². The predicted molar refractivity (Wildman–Crippen MR) is 102 cm³/mol. The first-order valence-electron chi connectivity index (χ1n) is 8.20. The zero-order valence-corrected chi connectivity index (χ0v) is 15.3. The molecule has 6 nitrogen and oxygen atoms in total. The number of hydrogen-bond acceptors (Lipinski definition) is 5. The van der Waals surface area contributed by atoms with Gasteiger partial charge in [-0.2, -0.15) is 0 Å². The van der Waals surface area contributed by atoms with Crippen LogP contribution in [0, 0.1) is 12.7 Å². The molecule has 1 heterocycles. The minimum atomic E-state index is -0.510. The monoisotopic (exact) mass is 384 g/mol. The molecule has 0 atom stereocenters. The Kier molecular flexibility index (Phi) is 5.97. The van der Waals surface area contributed by atoms with Gasteiger partial charge in [-0.25, -0.2) is 4.39 Å². The summed E-state index contributed by atoms with van der Waals surface area (Å²) in [7, 11) is 0. The highest BCUT2D eigenvalue weighted by Gasteiger charge is 2.10. The van der Waals surface area contributed by atoms with Crippen LogP contribution in [0.2, 0.25) is 0 Å². The second-order valence-corrected chi connectivity index (χ2v) is 6.85. The van der Waals surface area contributed by atoms with Gasteiger partial charge >= 0.3 is 0 Å². The molecular weight excluding hydrogens is 367 g/mol. The molecule has 8 heteroatoms. The van der Waals surface area contributed by atoms with Gasteiger partial charge in [-0.05, 0) is 24.6 Å². The number of thioether (sulfide) groups is 1. The Bertz CT molecular complexity index is 1010. The van der Waals surface area contributed by atoms with Crippen molar-refractivity contribution in [1.82, 2.24) is 15.2 Å². The summed E-state index contributed by atoms with van der Waals surface area (Å²) < 4.78 is 13.5. The Balaban J connectivity index is 1.59. The highest BCUT2D eigenvalue weighted by molar-refractivity contribution is 7.99. The van der Waals surface area contributed by atoms with Crippen LogP contribution in [0.1, 0.15) is 16.8 Å². The van der Waals surface area contributed by atoms with Gasteiger partial charge < -0.3 is 5.32 Å². The quantitative estimate of drug-likeness (QED) is 0.638. The maximum absolute atomic E-state index is 13.5. The summed E-state index contributed by atoms with van der Waals surface area (Å²) in [6.07, 6.45) is 0.376. The van der Waals surface area contributed by atoms with Gasteiger partial charge in [0.05, 0.1) is 11.4 Å². The van der Waals surface area contributed by atoms with Gasteiger partial charge in [0.2, 0.25) is 5.91 Å². The second-order valence-electron chi connectivity index (χ2n) is 5.89. The van der Waals surface area contributed by atoms with E-state index in [0.717, 1.165) is 22.9 Å². The number of rotatable bonds is 6. The number of nitrogens with zero attached hydrogens (tertiary/aromatic N) is 2. The minimum absolute atomic E-state index is 0.0315. The third-order valence-corrected chi connectivity index (χ3v) is 4.59. The maximum atomic E-state index is 13.5. The molecular formula is C19H17FN4O2S. The number of aromatic nitrogens is 3. The van der Waals surface area contributed by atoms with Gasteiger partial charge in [-0.15, -0.1) is 10.2 Å². The van der Waals surface area contributed by atoms with Gasteiger partial charge in [-0.3, -0.25) is 14.6 Å². The topological polar surface area (TPSA) is 87.7 Å². The number of carbonyl (C=O) groups is 1. The summed E-state index contributed by atoms with van der Waals surface area (Å²) in [5.74, 6) is -0.947. The number of benzene rings is 2. The van der Waals surface area contributed by atoms with Crippen LogP contribution in [0.5, 0.6) is 0 Å². The highest BCUT2D eigenvalue weighted by Crippen LogP contribution is 2.15. The van der Waals surface area contributed by atoms with Crippen LogP contribution in [0.15, 0.2) is 58.5 Å². The van der Waals surface area contributed by atoms with E-state index < -0.39 is 11.7 Å². The Morgan fingerprint density at radius 2 is 1.89 bits per heavy atom. The molecule has 3 rings (SSSR count). The van der Waals surface area contributed by atoms with Crippen molar-refractivity contribution in [3.05, 3.63) is 81.5 Å². The first-order valence-corrected chi connectivity index (χ1v) is 9.18. The smallest absolute Gasteiger partial charge is 0.273 e. The Morgan fingerprint density at radius 1 is 1.15 bits per heavy atom. The summed E-state index contributed by atoms with van der Waals surface area (Å²) in [5, 5.41) is 10.6. The largest absolute Gasteiger partial charge is 0.323 e. The summed E-state index contributed by atoms with van der Waals surface area (Å²) >= 11 is 1.02. The molecule has 0 unspecified atom stereocenters. The molecule has 3 aromatic rings. The van der Waals surface area contributed by atoms with E-state index in [0.29, 0.717) is 12.1 Å². The number of hydrogen-bond donors (Lipinski definition) is 2. The van der Waals surface area contributed by atoms with E-state index in [9.17, 15) is 14.0 Å². The van der Waals surface area contributed by atoms with Crippen molar-refractivity contribution in [2.75, 3.05) is 11.1 Å². The number of aryl methyl sites for hydroxylation is 1. The standard InChI is InChI=1S/C19H17FN4O2S/c1-12-6-8-13(9-7-12)10-16-18(26)22-19(24-23-16)27-11-17(25)21-15-5-3-2-4-14(15)20/h2-9H,10-11H2,1H3,(H,21,25)(H,22,24,26). The molecule has 0 aliphatic rings. The van der Waals surface area contributed by atoms with Crippen LogP contribution < -0.4 is 10.9 Å². The number of anilines is 1. The van der Waals surface area contributed by atoms with Gasteiger partial charge in [0.15, 0.2) is 5.16 Å². The molecule has 0 radical (unpaired) electrons. The molecule has 0 spiro atoms. The summed E-state index contributed by atoms with van der Waals surface area (Å²) in [4.78, 5) is 26.7. The minimum Gasteiger partial charge on any atom is -0.323 e. The highest BCUT2D eigenvalue weighted by atomic mass is 32.2. The average Bonchev–Trinajstić information content (AvgIpc) is 2.66. The van der Waals surface area contributed by atoms with Crippen LogP contribution in [-0.4, -0.2) is 26.8 Å². The van der Waals surface area contributed by atoms with Crippen molar-refractivity contribution >= 4 is 23.4 Å². The van der Waals surface area contributed by atoms with E-state index in [-0.39, 0.29) is 22.2 Å². The maximum Gasteiger partial charge on any atom is 0.273 e. The van der Waals surface area contributed by atoms with Crippen molar-refractivity contribution in [1.29, 1.82) is 0 Å². The number of nitrogens with one attached hydrogen (secondary N) is 2. The van der Waals surface area contributed by atoms with Gasteiger partial charge in [0, 0.05) is 6.42 Å². The predicted octanol–water partition coefficient (Wildman–Crippen LogP) is 2.93. The molecule has 2 N–H and O–H groups in total. The molecule has 1 aromatic heterocycles. The molecule has 2 aromatic carbocycles. The fraction of sp³-hybridized carbons (Fsp3) is 0.158. The van der Waals surface area contributed by atoms with E-state index in [1.807, 2.05) is 31.2 Å². The van der Waals surface area contributed by atoms with Crippen molar-refractivity contribution in [3.63, 3.8) is 0 Å². The fourth-order valence-electron chi connectivity index (χ4n) is 2.31. The van der Waals surface area contributed by atoms with Crippen LogP contribution in [0.25, 0.3) is 0 Å². The molecule has 0 fully saturated rings. The number of amides is 1. The lowest BCUT2D eigenvalue weighted by Gasteiger charge is -2.06. The molecule has 0 aliphatic carbocycles. The zero-order valence-electron chi connectivity index (χ0n) is 14.5. The van der Waals surface area contributed by atoms with Gasteiger partial charge in [0.1, 0.15) is 11.5 Å². The molecule has 138 valence electrons. The molecule has 27 heavy (non-hydrogen) atoms. The second kappa shape index (κ2) is 8.59. The Hall–Kier alpha value is -3.00. The van der Waals surface area contributed by atoms with Crippen molar-refractivity contribution < 1.29 is 9.18 Å². The third-order valence-electron chi connectivity index (χ3n) is 3.72. The van der Waals surface area contributed by atoms with Crippen LogP contribution in [0.4, 0.5) is 10.1 Å². The molecule has 0 saturated carbocycles. The van der Waals surface area contributed by atoms with Crippen molar-refractivity contribution in [2.24, 2.45) is 0 Å². The number of aromatic amines is 1. The molecule has 0 aliphatic heterocycles. The number of halogens is 1. The number of carbonyl (C=O) groups excluding carboxylic acids is 1. The van der Waals surface area contributed by atoms with Gasteiger partial charge in [-0.1, -0.05) is 53.7 Å². The van der Waals surface area contributed by atoms with E-state index >= 15 is 0 Å². The number of para-hydroxylation sites is 1. The van der Waals surface area contributed by atoms with Crippen LogP contribution >= 0.6 is 11.8 Å². The van der Waals surface area contributed by atoms with Crippen molar-refractivity contribution in [3.8, 4) is 0 Å². The lowest BCUT2D eigenvalue weighted by Crippen LogP contribution is -2.19. The zero-order chi connectivity index (χ0) is 19.2. The lowest BCUT2D eigenvalue weighted by atomic mass is 10.1.